The summed E-state index contributed by atoms with van der Waals surface area (Å²) in [5, 5.41) is 0. The van der Waals surface area contributed by atoms with Crippen LogP contribution in [-0.2, 0) is 4.74 Å². The number of benzene rings is 1. The van der Waals surface area contributed by atoms with Gasteiger partial charge in [-0.25, -0.2) is 0 Å². The molecule has 3 rings (SSSR count). The summed E-state index contributed by atoms with van der Waals surface area (Å²) in [6, 6.07) is 8.83. The number of nitrogens with zero attached hydrogens (tertiary/aromatic N) is 1. The van der Waals surface area contributed by atoms with E-state index in [2.05, 4.69) is 36.1 Å². The van der Waals surface area contributed by atoms with Crippen molar-refractivity contribution in [2.45, 2.75) is 20.8 Å². The van der Waals surface area contributed by atoms with Gasteiger partial charge in [0.15, 0.2) is 0 Å². The van der Waals surface area contributed by atoms with Crippen molar-refractivity contribution < 1.29 is 4.74 Å². The first-order chi connectivity index (χ1) is 8.33. The molecule has 0 aromatic heterocycles. The highest BCUT2D eigenvalue weighted by Crippen LogP contribution is 2.32. The van der Waals surface area contributed by atoms with Crippen molar-refractivity contribution in [3.8, 4) is 0 Å². The molecule has 0 radical (unpaired) electrons. The molecule has 2 nitrogen and oxygen atoms in total. The van der Waals surface area contributed by atoms with Gasteiger partial charge in [0.1, 0.15) is 0 Å². The molecule has 94 valence electrons. The molecule has 2 aliphatic heterocycles. The van der Waals surface area contributed by atoms with Gasteiger partial charge in [0.2, 0.25) is 0 Å². The van der Waals surface area contributed by atoms with Gasteiger partial charge >= 0.3 is 0 Å². The lowest BCUT2D eigenvalue weighted by molar-refractivity contribution is -0.0659. The Hall–Kier alpha value is -1.02. The van der Waals surface area contributed by atoms with Crippen LogP contribution < -0.4 is 4.90 Å². The third-order valence-corrected chi connectivity index (χ3v) is 3.64. The van der Waals surface area contributed by atoms with E-state index in [-0.39, 0.29) is 0 Å². The summed E-state index contributed by atoms with van der Waals surface area (Å²) in [6.07, 6.45) is 0. The van der Waals surface area contributed by atoms with Gasteiger partial charge in [-0.3, -0.25) is 0 Å². The number of rotatable bonds is 2. The monoisotopic (exact) mass is 233 g/mol. The van der Waals surface area contributed by atoms with E-state index < -0.39 is 0 Å². The maximum absolute atomic E-state index is 5.23. The first kappa shape index (κ1) is 12.4. The summed E-state index contributed by atoms with van der Waals surface area (Å²) in [5.74, 6) is 1.71. The summed E-state index contributed by atoms with van der Waals surface area (Å²) >= 11 is 0. The topological polar surface area (TPSA) is 12.5 Å². The Bertz CT molecular complexity index is 336. The molecule has 0 saturated carbocycles. The van der Waals surface area contributed by atoms with Crippen LogP contribution in [0, 0.1) is 18.8 Å². The van der Waals surface area contributed by atoms with Crippen molar-refractivity contribution in [3.05, 3.63) is 29.8 Å². The summed E-state index contributed by atoms with van der Waals surface area (Å²) in [6.45, 7) is 10.6. The van der Waals surface area contributed by atoms with Crippen LogP contribution in [-0.4, -0.2) is 26.3 Å². The molecule has 1 aromatic carbocycles. The zero-order valence-electron chi connectivity index (χ0n) is 11.1. The van der Waals surface area contributed by atoms with E-state index in [0.717, 1.165) is 25.0 Å². The van der Waals surface area contributed by atoms with Crippen LogP contribution in [0.25, 0.3) is 0 Å². The highest BCUT2D eigenvalue weighted by molar-refractivity contribution is 5.49. The fourth-order valence-corrected chi connectivity index (χ4v) is 2.30. The van der Waals surface area contributed by atoms with Gasteiger partial charge in [-0.05, 0) is 19.1 Å². The lowest BCUT2D eigenvalue weighted by atomic mass is 9.84. The van der Waals surface area contributed by atoms with E-state index in [1.54, 1.807) is 0 Å². The molecule has 0 unspecified atom stereocenters. The van der Waals surface area contributed by atoms with Crippen LogP contribution >= 0.6 is 0 Å². The summed E-state index contributed by atoms with van der Waals surface area (Å²) in [4.78, 5) is 2.46. The molecule has 17 heavy (non-hydrogen) atoms. The maximum atomic E-state index is 5.23. The van der Waals surface area contributed by atoms with E-state index in [9.17, 15) is 0 Å². The molecule has 2 aliphatic rings. The van der Waals surface area contributed by atoms with E-state index in [1.165, 1.54) is 24.3 Å². The Kier molecular flexibility index (Phi) is 4.06. The molecule has 2 heteroatoms. The number of aryl methyl sites for hydroxylation is 1. The van der Waals surface area contributed by atoms with Crippen molar-refractivity contribution in [2.75, 3.05) is 31.2 Å². The second kappa shape index (κ2) is 5.54. The van der Waals surface area contributed by atoms with Gasteiger partial charge in [-0.1, -0.05) is 31.5 Å². The Morgan fingerprint density at radius 3 is 2.06 bits per heavy atom. The average Bonchev–Trinajstić information content (AvgIpc) is 2.25. The number of anilines is 1. The first-order valence-corrected chi connectivity index (χ1v) is 6.72. The predicted octanol–water partition coefficient (Wildman–Crippen LogP) is 3.10. The van der Waals surface area contributed by atoms with Crippen LogP contribution in [0.1, 0.15) is 19.4 Å². The van der Waals surface area contributed by atoms with Gasteiger partial charge < -0.3 is 9.64 Å². The van der Waals surface area contributed by atoms with Gasteiger partial charge in [0.25, 0.3) is 0 Å². The predicted molar refractivity (Wildman–Crippen MR) is 72.5 cm³/mol. The Labute approximate surface area is 105 Å². The van der Waals surface area contributed by atoms with Crippen LogP contribution in [0.5, 0.6) is 0 Å². The molecular formula is C15H23NO. The third kappa shape index (κ3) is 2.63. The number of hydrogen-bond donors (Lipinski definition) is 0. The average molecular weight is 233 g/mol. The molecule has 1 aromatic rings. The molecule has 0 atom stereocenters. The molecule has 2 heterocycles. The molecule has 0 bridgehead atoms. The second-order valence-corrected chi connectivity index (χ2v) is 4.80. The molecule has 0 amide bonds. The van der Waals surface area contributed by atoms with Crippen molar-refractivity contribution in [1.82, 2.24) is 0 Å². The van der Waals surface area contributed by atoms with E-state index in [0.29, 0.717) is 0 Å². The number of hydrogen-bond acceptors (Lipinski definition) is 2. The first-order valence-electron chi connectivity index (χ1n) is 6.72. The highest BCUT2D eigenvalue weighted by atomic mass is 16.5. The Morgan fingerprint density at radius 1 is 1.00 bits per heavy atom. The lowest BCUT2D eigenvalue weighted by Gasteiger charge is -2.47. The van der Waals surface area contributed by atoms with E-state index >= 15 is 0 Å². The smallest absolute Gasteiger partial charge is 0.0520 e. The Morgan fingerprint density at radius 2 is 1.59 bits per heavy atom. The van der Waals surface area contributed by atoms with Crippen LogP contribution in [0.3, 0.4) is 0 Å². The molecule has 0 aliphatic carbocycles. The van der Waals surface area contributed by atoms with Gasteiger partial charge in [-0.15, -0.1) is 0 Å². The Balaban J connectivity index is 0.000000514. The summed E-state index contributed by atoms with van der Waals surface area (Å²) in [7, 11) is 0. The van der Waals surface area contributed by atoms with Gasteiger partial charge in [-0.2, -0.15) is 0 Å². The molecule has 2 saturated heterocycles. The highest BCUT2D eigenvalue weighted by Gasteiger charge is 2.37. The van der Waals surface area contributed by atoms with Crippen molar-refractivity contribution in [2.24, 2.45) is 11.8 Å². The van der Waals surface area contributed by atoms with Crippen LogP contribution in [0.2, 0.25) is 0 Å². The molecular weight excluding hydrogens is 210 g/mol. The van der Waals surface area contributed by atoms with E-state index in [1.807, 2.05) is 13.8 Å². The number of ether oxygens (including phenoxy) is 1. The van der Waals surface area contributed by atoms with Crippen molar-refractivity contribution in [1.29, 1.82) is 0 Å². The maximum Gasteiger partial charge on any atom is 0.0520 e. The minimum Gasteiger partial charge on any atom is -0.381 e. The van der Waals surface area contributed by atoms with Crippen LogP contribution in [0.4, 0.5) is 5.69 Å². The molecule has 0 N–H and O–H groups in total. The standard InChI is InChI=1S/C13H17NO.C2H6/c1-10-2-4-13(5-3-10)14-6-11(7-14)12-8-15-9-12;1-2/h2-5,11-12H,6-9H2,1H3;1-2H3. The SMILES string of the molecule is CC.Cc1ccc(N2CC(C3COC3)C2)cc1. The zero-order valence-corrected chi connectivity index (χ0v) is 11.1. The van der Waals surface area contributed by atoms with Gasteiger partial charge in [0.05, 0.1) is 13.2 Å². The van der Waals surface area contributed by atoms with Crippen molar-refractivity contribution >= 4 is 5.69 Å². The second-order valence-electron chi connectivity index (χ2n) is 4.80. The summed E-state index contributed by atoms with van der Waals surface area (Å²) < 4.78 is 5.23. The fourth-order valence-electron chi connectivity index (χ4n) is 2.30. The van der Waals surface area contributed by atoms with Crippen molar-refractivity contribution in [3.63, 3.8) is 0 Å². The molecule has 0 spiro atoms. The summed E-state index contributed by atoms with van der Waals surface area (Å²) in [5.41, 5.74) is 2.71. The fraction of sp³-hybridized carbons (Fsp3) is 0.600. The van der Waals surface area contributed by atoms with E-state index in [4.69, 9.17) is 4.74 Å². The normalized spacial score (nSPS) is 20.1. The minimum absolute atomic E-state index is 0.840. The third-order valence-electron chi connectivity index (χ3n) is 3.64. The minimum atomic E-state index is 0.840. The van der Waals surface area contributed by atoms with Gasteiger partial charge in [0, 0.05) is 30.6 Å². The molecule has 2 fully saturated rings. The largest absolute Gasteiger partial charge is 0.381 e. The zero-order chi connectivity index (χ0) is 12.3. The quantitative estimate of drug-likeness (QED) is 0.778. The lowest BCUT2D eigenvalue weighted by Crippen LogP contribution is -2.54. The van der Waals surface area contributed by atoms with Crippen LogP contribution in [0.15, 0.2) is 24.3 Å².